The van der Waals surface area contributed by atoms with Crippen LogP contribution < -0.4 is 5.32 Å². The van der Waals surface area contributed by atoms with Gasteiger partial charge in [-0.3, -0.25) is 0 Å². The number of nitrogens with zero attached hydrogens (tertiary/aromatic N) is 1. The molecular formula is C13H15BrN2S. The van der Waals surface area contributed by atoms with Crippen molar-refractivity contribution in [3.8, 4) is 0 Å². The first-order chi connectivity index (χ1) is 8.20. The predicted octanol–water partition coefficient (Wildman–Crippen LogP) is 4.39. The number of hydrogen-bond donors (Lipinski definition) is 1. The highest BCUT2D eigenvalue weighted by atomic mass is 79.9. The molecular weight excluding hydrogens is 296 g/mol. The maximum Gasteiger partial charge on any atom is 0.126 e. The fourth-order valence-corrected chi connectivity index (χ4v) is 2.79. The largest absolute Gasteiger partial charge is 0.365 e. The predicted molar refractivity (Wildman–Crippen MR) is 77.7 cm³/mol. The molecule has 17 heavy (non-hydrogen) atoms. The first-order valence-electron chi connectivity index (χ1n) is 5.63. The van der Waals surface area contributed by atoms with Gasteiger partial charge < -0.3 is 5.32 Å². The Morgan fingerprint density at radius 1 is 1.35 bits per heavy atom. The van der Waals surface area contributed by atoms with Crippen molar-refractivity contribution >= 4 is 33.1 Å². The molecule has 0 spiro atoms. The smallest absolute Gasteiger partial charge is 0.126 e. The summed E-state index contributed by atoms with van der Waals surface area (Å²) in [5.41, 5.74) is 2.44. The zero-order valence-corrected chi connectivity index (χ0v) is 12.4. The van der Waals surface area contributed by atoms with Gasteiger partial charge in [0.2, 0.25) is 0 Å². The first-order valence-corrected chi connectivity index (χ1v) is 7.30. The zero-order valence-electron chi connectivity index (χ0n) is 9.96. The van der Waals surface area contributed by atoms with Crippen LogP contribution in [0.5, 0.6) is 0 Å². The number of nitrogens with one attached hydrogen (secondary N) is 1. The maximum atomic E-state index is 4.47. The van der Waals surface area contributed by atoms with E-state index in [-0.39, 0.29) is 0 Å². The number of anilines is 1. The van der Waals surface area contributed by atoms with Crippen molar-refractivity contribution in [2.75, 3.05) is 5.32 Å². The lowest BCUT2D eigenvalue weighted by Crippen LogP contribution is -2.02. The highest BCUT2D eigenvalue weighted by Gasteiger charge is 2.03. The number of halogens is 1. The van der Waals surface area contributed by atoms with Gasteiger partial charge in [-0.15, -0.1) is 11.3 Å². The maximum absolute atomic E-state index is 4.47. The molecule has 2 heterocycles. The molecule has 2 nitrogen and oxygen atoms in total. The Labute approximate surface area is 114 Å². The summed E-state index contributed by atoms with van der Waals surface area (Å²) in [6.45, 7) is 5.04. The van der Waals surface area contributed by atoms with Crippen LogP contribution in [0, 0.1) is 6.92 Å². The molecule has 0 fully saturated rings. The molecule has 2 aromatic rings. The second-order valence-corrected chi connectivity index (χ2v) is 5.69. The first kappa shape index (κ1) is 12.6. The summed E-state index contributed by atoms with van der Waals surface area (Å²) < 4.78 is 1.05. The fourth-order valence-electron chi connectivity index (χ4n) is 1.65. The van der Waals surface area contributed by atoms with Crippen LogP contribution in [0.2, 0.25) is 0 Å². The zero-order chi connectivity index (χ0) is 12.3. The van der Waals surface area contributed by atoms with E-state index in [4.69, 9.17) is 0 Å². The third-order valence-corrected chi connectivity index (χ3v) is 4.47. The highest BCUT2D eigenvalue weighted by Crippen LogP contribution is 2.20. The van der Waals surface area contributed by atoms with Crippen LogP contribution in [0.25, 0.3) is 0 Å². The second kappa shape index (κ2) is 5.65. The number of thiophene rings is 1. The van der Waals surface area contributed by atoms with E-state index in [0.29, 0.717) is 0 Å². The Hall–Kier alpha value is -0.870. The van der Waals surface area contributed by atoms with E-state index in [9.17, 15) is 0 Å². The lowest BCUT2D eigenvalue weighted by Gasteiger charge is -2.07. The number of aromatic nitrogens is 1. The van der Waals surface area contributed by atoms with Gasteiger partial charge in [0.1, 0.15) is 5.82 Å². The molecule has 0 unspecified atom stereocenters. The second-order valence-electron chi connectivity index (χ2n) is 3.84. The van der Waals surface area contributed by atoms with Gasteiger partial charge in [0.25, 0.3) is 0 Å². The summed E-state index contributed by atoms with van der Waals surface area (Å²) >= 11 is 5.25. The van der Waals surface area contributed by atoms with Gasteiger partial charge in [0, 0.05) is 9.35 Å². The highest BCUT2D eigenvalue weighted by molar-refractivity contribution is 9.10. The minimum Gasteiger partial charge on any atom is -0.365 e. The standard InChI is InChI=1S/C13H15BrN2S/c1-3-10-6-7-17-12(10)8-15-13-5-4-11(14)9(2)16-13/h4-7H,3,8H2,1-2H3,(H,15,16). The van der Waals surface area contributed by atoms with Gasteiger partial charge >= 0.3 is 0 Å². The number of rotatable bonds is 4. The Morgan fingerprint density at radius 3 is 2.88 bits per heavy atom. The normalized spacial score (nSPS) is 10.5. The van der Waals surface area contributed by atoms with Crippen molar-refractivity contribution in [3.05, 3.63) is 44.2 Å². The Bertz CT molecular complexity index is 508. The number of hydrogen-bond acceptors (Lipinski definition) is 3. The Balaban J connectivity index is 2.05. The molecule has 0 radical (unpaired) electrons. The molecule has 0 saturated heterocycles. The molecule has 90 valence electrons. The van der Waals surface area contributed by atoms with Gasteiger partial charge in [-0.2, -0.15) is 0 Å². The van der Waals surface area contributed by atoms with Gasteiger partial charge in [0.15, 0.2) is 0 Å². The quantitative estimate of drug-likeness (QED) is 0.906. The molecule has 0 aliphatic rings. The SMILES string of the molecule is CCc1ccsc1CNc1ccc(Br)c(C)n1. The van der Waals surface area contributed by atoms with Gasteiger partial charge in [-0.25, -0.2) is 4.98 Å². The Morgan fingerprint density at radius 2 is 2.18 bits per heavy atom. The summed E-state index contributed by atoms with van der Waals surface area (Å²) in [5, 5.41) is 5.52. The average molecular weight is 311 g/mol. The Kier molecular flexibility index (Phi) is 4.18. The summed E-state index contributed by atoms with van der Waals surface area (Å²) in [6, 6.07) is 6.22. The van der Waals surface area contributed by atoms with Crippen molar-refractivity contribution in [2.45, 2.75) is 26.8 Å². The topological polar surface area (TPSA) is 24.9 Å². The molecule has 0 bridgehead atoms. The third kappa shape index (κ3) is 3.07. The van der Waals surface area contributed by atoms with Crippen molar-refractivity contribution < 1.29 is 0 Å². The molecule has 0 aliphatic heterocycles. The van der Waals surface area contributed by atoms with E-state index in [1.165, 1.54) is 10.4 Å². The summed E-state index contributed by atoms with van der Waals surface area (Å²) in [4.78, 5) is 5.87. The molecule has 4 heteroatoms. The molecule has 1 N–H and O–H groups in total. The fraction of sp³-hybridized carbons (Fsp3) is 0.308. The lowest BCUT2D eigenvalue weighted by atomic mass is 10.2. The molecule has 0 aliphatic carbocycles. The van der Waals surface area contributed by atoms with Crippen molar-refractivity contribution in [1.29, 1.82) is 0 Å². The summed E-state index contributed by atoms with van der Waals surface area (Å²) in [6.07, 6.45) is 1.09. The third-order valence-electron chi connectivity index (χ3n) is 2.67. The number of aryl methyl sites for hydroxylation is 2. The summed E-state index contributed by atoms with van der Waals surface area (Å²) in [7, 11) is 0. The molecule has 2 rings (SSSR count). The lowest BCUT2D eigenvalue weighted by molar-refractivity contribution is 1.06. The average Bonchev–Trinajstić information content (AvgIpc) is 2.78. The molecule has 0 saturated carbocycles. The van der Waals surface area contributed by atoms with Crippen LogP contribution in [0.1, 0.15) is 23.1 Å². The van der Waals surface area contributed by atoms with Crippen LogP contribution in [-0.2, 0) is 13.0 Å². The monoisotopic (exact) mass is 310 g/mol. The van der Waals surface area contributed by atoms with Gasteiger partial charge in [0.05, 0.1) is 12.2 Å². The minimum atomic E-state index is 0.856. The van der Waals surface area contributed by atoms with Gasteiger partial charge in [-0.1, -0.05) is 6.92 Å². The number of pyridine rings is 1. The molecule has 0 amide bonds. The van der Waals surface area contributed by atoms with Crippen LogP contribution in [0.15, 0.2) is 28.1 Å². The van der Waals surface area contributed by atoms with E-state index in [1.54, 1.807) is 11.3 Å². The molecule has 0 atom stereocenters. The van der Waals surface area contributed by atoms with E-state index in [1.807, 2.05) is 19.1 Å². The van der Waals surface area contributed by atoms with Crippen molar-refractivity contribution in [2.24, 2.45) is 0 Å². The molecule has 0 aromatic carbocycles. The van der Waals surface area contributed by atoms with Crippen LogP contribution in [0.4, 0.5) is 5.82 Å². The van der Waals surface area contributed by atoms with Crippen molar-refractivity contribution in [1.82, 2.24) is 4.98 Å². The van der Waals surface area contributed by atoms with Crippen molar-refractivity contribution in [3.63, 3.8) is 0 Å². The van der Waals surface area contributed by atoms with E-state index < -0.39 is 0 Å². The van der Waals surface area contributed by atoms with Crippen LogP contribution in [-0.4, -0.2) is 4.98 Å². The van der Waals surface area contributed by atoms with Crippen LogP contribution in [0.3, 0.4) is 0 Å². The van der Waals surface area contributed by atoms with E-state index in [2.05, 4.69) is 44.6 Å². The summed E-state index contributed by atoms with van der Waals surface area (Å²) in [5.74, 6) is 0.932. The minimum absolute atomic E-state index is 0.856. The van der Waals surface area contributed by atoms with E-state index in [0.717, 1.165) is 29.0 Å². The van der Waals surface area contributed by atoms with Crippen LogP contribution >= 0.6 is 27.3 Å². The molecule has 2 aromatic heterocycles. The van der Waals surface area contributed by atoms with Gasteiger partial charge in [-0.05, 0) is 58.4 Å². The van der Waals surface area contributed by atoms with E-state index >= 15 is 0 Å².